The highest BCUT2D eigenvalue weighted by Gasteiger charge is 2.35. The number of nitrogens with zero attached hydrogens (tertiary/aromatic N) is 2. The van der Waals surface area contributed by atoms with Gasteiger partial charge in [0, 0.05) is 10.6 Å². The van der Waals surface area contributed by atoms with Gasteiger partial charge in [-0.15, -0.1) is 0 Å². The zero-order valence-electron chi connectivity index (χ0n) is 25.7. The lowest BCUT2D eigenvalue weighted by molar-refractivity contribution is -0.136. The molecule has 1 aromatic heterocycles. The molecule has 2 heterocycles. The summed E-state index contributed by atoms with van der Waals surface area (Å²) in [7, 11) is 2.82. The topological polar surface area (TPSA) is 88.4 Å². The molecular formula is C36H31ClN2O6S. The number of allylic oxidation sites excluding steroid dienone is 1. The summed E-state index contributed by atoms with van der Waals surface area (Å²) in [5, 5.41) is 2.72. The van der Waals surface area contributed by atoms with Crippen molar-refractivity contribution in [1.29, 1.82) is 0 Å². The van der Waals surface area contributed by atoms with Crippen LogP contribution >= 0.6 is 22.9 Å². The molecule has 1 aliphatic heterocycles. The molecule has 5 aromatic rings. The summed E-state index contributed by atoms with van der Waals surface area (Å²) in [5.74, 6) is 1.04. The Morgan fingerprint density at radius 1 is 0.978 bits per heavy atom. The minimum absolute atomic E-state index is 0.230. The molecule has 0 amide bonds. The third-order valence-electron chi connectivity index (χ3n) is 7.74. The Balaban J connectivity index is 1.40. The minimum Gasteiger partial charge on any atom is -0.496 e. The van der Waals surface area contributed by atoms with Crippen molar-refractivity contribution in [2.24, 2.45) is 4.99 Å². The van der Waals surface area contributed by atoms with Crippen LogP contribution in [0.1, 0.15) is 36.6 Å². The van der Waals surface area contributed by atoms with E-state index in [1.165, 1.54) is 30.1 Å². The largest absolute Gasteiger partial charge is 0.496 e. The number of carbonyl (C=O) groups excluding carboxylic acids is 1. The molecule has 4 aromatic carbocycles. The maximum absolute atomic E-state index is 14.1. The molecule has 0 saturated heterocycles. The Hall–Kier alpha value is -4.86. The summed E-state index contributed by atoms with van der Waals surface area (Å²) in [6, 6.07) is 24.1. The fraction of sp³-hybridized carbons (Fsp3) is 0.194. The Morgan fingerprint density at radius 2 is 1.76 bits per heavy atom. The number of rotatable bonds is 9. The summed E-state index contributed by atoms with van der Waals surface area (Å²) in [6.45, 7) is 4.44. The van der Waals surface area contributed by atoms with E-state index in [1.54, 1.807) is 31.2 Å². The minimum atomic E-state index is -0.858. The molecule has 1 atom stereocenters. The number of halogens is 1. The number of esters is 1. The number of hydrogen-bond donors (Lipinski definition) is 0. The second-order valence-electron chi connectivity index (χ2n) is 10.5. The average Bonchev–Trinajstić information content (AvgIpc) is 3.37. The van der Waals surface area contributed by atoms with E-state index in [2.05, 4.69) is 29.3 Å². The Labute approximate surface area is 274 Å². The normalized spacial score (nSPS) is 14.5. The molecule has 234 valence electrons. The number of ether oxygens (including phenoxy) is 4. The van der Waals surface area contributed by atoms with E-state index in [1.807, 2.05) is 43.3 Å². The summed E-state index contributed by atoms with van der Waals surface area (Å²) in [4.78, 5) is 32.2. The highest BCUT2D eigenvalue weighted by Crippen LogP contribution is 2.37. The molecule has 0 N–H and O–H groups in total. The van der Waals surface area contributed by atoms with Crippen LogP contribution in [0.25, 0.3) is 16.8 Å². The molecule has 8 nitrogen and oxygen atoms in total. The molecular weight excluding hydrogens is 624 g/mol. The van der Waals surface area contributed by atoms with Crippen LogP contribution in [0.2, 0.25) is 5.02 Å². The first-order valence-corrected chi connectivity index (χ1v) is 15.8. The lowest BCUT2D eigenvalue weighted by Crippen LogP contribution is -2.40. The Bertz CT molecular complexity index is 2180. The summed E-state index contributed by atoms with van der Waals surface area (Å²) in [6.07, 6.45) is 1.78. The fourth-order valence-corrected chi connectivity index (χ4v) is 6.86. The van der Waals surface area contributed by atoms with Crippen LogP contribution in [0.3, 0.4) is 0 Å². The van der Waals surface area contributed by atoms with Gasteiger partial charge in [0.15, 0.2) is 16.3 Å². The lowest BCUT2D eigenvalue weighted by atomic mass is 9.95. The van der Waals surface area contributed by atoms with Gasteiger partial charge in [0.2, 0.25) is 0 Å². The summed E-state index contributed by atoms with van der Waals surface area (Å²) >= 11 is 7.61. The van der Waals surface area contributed by atoms with Gasteiger partial charge in [-0.3, -0.25) is 9.36 Å². The van der Waals surface area contributed by atoms with Crippen LogP contribution in [-0.2, 0) is 16.1 Å². The number of hydrogen-bond acceptors (Lipinski definition) is 8. The molecule has 0 aliphatic carbocycles. The van der Waals surface area contributed by atoms with E-state index in [0.29, 0.717) is 56.1 Å². The van der Waals surface area contributed by atoms with E-state index < -0.39 is 12.0 Å². The third kappa shape index (κ3) is 5.91. The van der Waals surface area contributed by atoms with Gasteiger partial charge in [-0.1, -0.05) is 71.5 Å². The molecule has 0 saturated carbocycles. The zero-order chi connectivity index (χ0) is 32.4. The van der Waals surface area contributed by atoms with Gasteiger partial charge in [0.1, 0.15) is 18.4 Å². The maximum Gasteiger partial charge on any atom is 0.338 e. The molecule has 0 radical (unpaired) electrons. The predicted octanol–water partition coefficient (Wildman–Crippen LogP) is 6.20. The van der Waals surface area contributed by atoms with E-state index in [-0.39, 0.29) is 11.1 Å². The Morgan fingerprint density at radius 3 is 2.54 bits per heavy atom. The quantitative estimate of drug-likeness (QED) is 0.176. The lowest BCUT2D eigenvalue weighted by Gasteiger charge is -2.25. The summed E-state index contributed by atoms with van der Waals surface area (Å²) < 4.78 is 24.8. The third-order valence-corrected chi connectivity index (χ3v) is 8.96. The van der Waals surface area contributed by atoms with Crippen molar-refractivity contribution in [2.45, 2.75) is 26.5 Å². The van der Waals surface area contributed by atoms with Crippen LogP contribution in [0.15, 0.2) is 99.9 Å². The van der Waals surface area contributed by atoms with Crippen molar-refractivity contribution in [3.05, 3.63) is 132 Å². The first-order valence-electron chi connectivity index (χ1n) is 14.6. The molecule has 0 spiro atoms. The van der Waals surface area contributed by atoms with Crippen LogP contribution in [0.4, 0.5) is 0 Å². The number of thiazole rings is 1. The van der Waals surface area contributed by atoms with Crippen LogP contribution in [0, 0.1) is 0 Å². The number of benzene rings is 4. The average molecular weight is 655 g/mol. The number of methoxy groups -OCH3 is 2. The van der Waals surface area contributed by atoms with E-state index >= 15 is 0 Å². The van der Waals surface area contributed by atoms with Crippen molar-refractivity contribution >= 4 is 45.8 Å². The number of fused-ring (bicyclic) bond motifs is 2. The van der Waals surface area contributed by atoms with Gasteiger partial charge < -0.3 is 18.9 Å². The van der Waals surface area contributed by atoms with Crippen LogP contribution in [0.5, 0.6) is 17.2 Å². The van der Waals surface area contributed by atoms with Crippen molar-refractivity contribution in [1.82, 2.24) is 4.57 Å². The molecule has 1 aliphatic rings. The van der Waals surface area contributed by atoms with Gasteiger partial charge in [0.05, 0.1) is 36.6 Å². The van der Waals surface area contributed by atoms with Gasteiger partial charge in [-0.05, 0) is 72.2 Å². The molecule has 10 heteroatoms. The smallest absolute Gasteiger partial charge is 0.338 e. The first-order chi connectivity index (χ1) is 22.3. The second-order valence-corrected chi connectivity index (χ2v) is 12.0. The van der Waals surface area contributed by atoms with Crippen LogP contribution < -0.4 is 29.1 Å². The van der Waals surface area contributed by atoms with E-state index in [0.717, 1.165) is 21.9 Å². The monoisotopic (exact) mass is 654 g/mol. The van der Waals surface area contributed by atoms with Gasteiger partial charge in [-0.2, -0.15) is 0 Å². The molecule has 0 bridgehead atoms. The fourth-order valence-electron chi connectivity index (χ4n) is 5.63. The highest BCUT2D eigenvalue weighted by molar-refractivity contribution is 7.07. The molecule has 46 heavy (non-hydrogen) atoms. The van der Waals surface area contributed by atoms with Gasteiger partial charge in [-0.25, -0.2) is 9.79 Å². The number of aromatic nitrogens is 1. The first kappa shape index (κ1) is 31.1. The summed E-state index contributed by atoms with van der Waals surface area (Å²) in [5.41, 5.74) is 2.71. The predicted molar refractivity (Wildman–Crippen MR) is 180 cm³/mol. The number of carbonyl (C=O) groups is 1. The van der Waals surface area contributed by atoms with Crippen molar-refractivity contribution in [3.8, 4) is 17.2 Å². The molecule has 0 unspecified atom stereocenters. The van der Waals surface area contributed by atoms with Crippen molar-refractivity contribution in [3.63, 3.8) is 0 Å². The Kier molecular flexibility index (Phi) is 8.96. The standard InChI is InChI=1S/C36H31ClN2O6S/c1-5-44-30-17-22(13-15-29(30)45-20-24-11-8-10-23-9-6-7-12-26(23)24)18-31-34(40)39-33(27-19-25(37)14-16-28(27)42-3)32(35(41)43-4)21(2)38-36(39)46-31/h6-19,33H,5,20H2,1-4H3/b31-18-/t33-/m1/s1. The van der Waals surface area contributed by atoms with Crippen molar-refractivity contribution < 1.29 is 23.7 Å². The maximum atomic E-state index is 14.1. The van der Waals surface area contributed by atoms with E-state index in [4.69, 9.17) is 30.5 Å². The van der Waals surface area contributed by atoms with E-state index in [9.17, 15) is 9.59 Å². The molecule has 0 fully saturated rings. The van der Waals surface area contributed by atoms with Crippen molar-refractivity contribution in [2.75, 3.05) is 20.8 Å². The highest BCUT2D eigenvalue weighted by atomic mass is 35.5. The second kappa shape index (κ2) is 13.2. The molecule has 6 rings (SSSR count). The SMILES string of the molecule is CCOc1cc(/C=c2\sc3n(c2=O)[C@H](c2cc(Cl)ccc2OC)C(C(=O)OC)=C(C)N=3)ccc1OCc1cccc2ccccc12. The van der Waals surface area contributed by atoms with Gasteiger partial charge in [0.25, 0.3) is 5.56 Å². The van der Waals surface area contributed by atoms with Crippen LogP contribution in [-0.4, -0.2) is 31.4 Å². The van der Waals surface area contributed by atoms with Gasteiger partial charge >= 0.3 is 5.97 Å². The zero-order valence-corrected chi connectivity index (χ0v) is 27.3.